The third kappa shape index (κ3) is 2.24. The van der Waals surface area contributed by atoms with Gasteiger partial charge in [-0.1, -0.05) is 6.07 Å². The van der Waals surface area contributed by atoms with Crippen molar-refractivity contribution in [3.05, 3.63) is 35.3 Å². The number of aromatic nitrogens is 3. The van der Waals surface area contributed by atoms with Crippen molar-refractivity contribution in [2.75, 3.05) is 5.73 Å². The molecule has 2 aromatic heterocycles. The minimum atomic E-state index is 0. The molecular weight excluding hydrogens is 332 g/mol. The van der Waals surface area contributed by atoms with Gasteiger partial charge in [0.05, 0.1) is 21.5 Å². The third-order valence-corrected chi connectivity index (χ3v) is 3.21. The van der Waals surface area contributed by atoms with E-state index in [0.29, 0.717) is 10.6 Å². The maximum absolute atomic E-state index is 9.95. The number of benzene rings is 1. The van der Waals surface area contributed by atoms with Crippen LogP contribution in [-0.2, 0) is 0 Å². The lowest BCUT2D eigenvalue weighted by molar-refractivity contribution is -0.396. The topological polar surface area (TPSA) is 89.1 Å². The van der Waals surface area contributed by atoms with Crippen LogP contribution in [0.4, 0.5) is 5.82 Å². The maximum Gasteiger partial charge on any atom is 0.366 e. The molecule has 3 rings (SSSR count). The fourth-order valence-corrected chi connectivity index (χ4v) is 2.30. The van der Waals surface area contributed by atoms with Crippen LogP contribution in [0.25, 0.3) is 22.0 Å². The first kappa shape index (κ1) is 13.6. The number of H-pyrrole nitrogens is 2. The van der Waals surface area contributed by atoms with Crippen LogP contribution in [0.5, 0.6) is 5.75 Å². The number of aromatic amines is 2. The van der Waals surface area contributed by atoms with Crippen LogP contribution in [0.3, 0.4) is 0 Å². The Morgan fingerprint density at radius 2 is 2.11 bits per heavy atom. The van der Waals surface area contributed by atoms with Gasteiger partial charge in [0.15, 0.2) is 0 Å². The van der Waals surface area contributed by atoms with Crippen molar-refractivity contribution in [2.45, 2.75) is 0 Å². The molecule has 0 saturated carbocycles. The van der Waals surface area contributed by atoms with Crippen molar-refractivity contribution >= 4 is 32.7 Å². The molecule has 0 aliphatic heterocycles. The standard InChI is InChI=1S/C12H9BrN4O.ClH/c13-12-16-5-7(11(14)17-12)6-4-15-8-2-1-3-9(18)10(6)8;/h1-5,15,18H,(H2,14,16,17);1H. The van der Waals surface area contributed by atoms with Crippen LogP contribution in [-0.4, -0.2) is 15.1 Å². The zero-order valence-electron chi connectivity index (χ0n) is 9.61. The molecule has 0 bridgehead atoms. The summed E-state index contributed by atoms with van der Waals surface area (Å²) in [6.07, 6.45) is 3.56. The Morgan fingerprint density at radius 1 is 1.32 bits per heavy atom. The molecule has 3 aromatic rings. The first-order valence-corrected chi connectivity index (χ1v) is 6.09. The van der Waals surface area contributed by atoms with Gasteiger partial charge in [0.2, 0.25) is 0 Å². The van der Waals surface area contributed by atoms with Crippen molar-refractivity contribution in [3.63, 3.8) is 0 Å². The Bertz CT molecular complexity index is 744. The number of rotatable bonds is 1. The Hall–Kier alpha value is -1.79. The second kappa shape index (κ2) is 5.07. The number of halogens is 2. The lowest BCUT2D eigenvalue weighted by atomic mass is 10.1. The number of nitrogens with one attached hydrogen (secondary N) is 2. The highest BCUT2D eigenvalue weighted by atomic mass is 79.9. The molecule has 1 aromatic carbocycles. The number of nitrogens with zero attached hydrogens (tertiary/aromatic N) is 1. The van der Waals surface area contributed by atoms with Gasteiger partial charge >= 0.3 is 4.73 Å². The van der Waals surface area contributed by atoms with E-state index in [1.54, 1.807) is 24.5 Å². The van der Waals surface area contributed by atoms with E-state index in [-0.39, 0.29) is 18.2 Å². The fourth-order valence-electron chi connectivity index (χ4n) is 2.00. The molecule has 7 heteroatoms. The number of phenolic OH excluding ortho intramolecular Hbond substituents is 1. The molecule has 0 aliphatic carbocycles. The van der Waals surface area contributed by atoms with Crippen molar-refractivity contribution in [1.29, 1.82) is 0 Å². The summed E-state index contributed by atoms with van der Waals surface area (Å²) >= 11 is 3.22. The number of nitrogens with two attached hydrogens (primary N) is 1. The molecule has 0 spiro atoms. The lowest BCUT2D eigenvalue weighted by Crippen LogP contribution is -3.00. The molecule has 0 saturated heterocycles. The van der Waals surface area contributed by atoms with Crippen LogP contribution in [0.1, 0.15) is 0 Å². The van der Waals surface area contributed by atoms with Crippen molar-refractivity contribution < 1.29 is 22.5 Å². The molecular formula is C12H10BrClN4O. The monoisotopic (exact) mass is 340 g/mol. The van der Waals surface area contributed by atoms with Gasteiger partial charge in [-0.25, -0.2) is 4.98 Å². The summed E-state index contributed by atoms with van der Waals surface area (Å²) in [4.78, 5) is 10.2. The maximum atomic E-state index is 9.95. The molecule has 5 nitrogen and oxygen atoms in total. The summed E-state index contributed by atoms with van der Waals surface area (Å²) in [6.45, 7) is 0. The Balaban J connectivity index is 0.00000133. The predicted octanol–water partition coefficient (Wildman–Crippen LogP) is -0.902. The van der Waals surface area contributed by atoms with Gasteiger partial charge < -0.3 is 28.2 Å². The van der Waals surface area contributed by atoms with Crippen LogP contribution >= 0.6 is 15.9 Å². The first-order chi connectivity index (χ1) is 8.66. The largest absolute Gasteiger partial charge is 1.00 e. The average Bonchev–Trinajstić information content (AvgIpc) is 2.74. The van der Waals surface area contributed by atoms with Gasteiger partial charge in [0.25, 0.3) is 5.82 Å². The summed E-state index contributed by atoms with van der Waals surface area (Å²) < 4.78 is 0.563. The molecule has 0 amide bonds. The van der Waals surface area contributed by atoms with E-state index < -0.39 is 0 Å². The molecule has 2 heterocycles. The highest BCUT2D eigenvalue weighted by Gasteiger charge is 2.17. The van der Waals surface area contributed by atoms with Crippen molar-refractivity contribution in [1.82, 2.24) is 9.97 Å². The highest BCUT2D eigenvalue weighted by Crippen LogP contribution is 2.35. The van der Waals surface area contributed by atoms with E-state index in [9.17, 15) is 5.11 Å². The number of hydrogen-bond donors (Lipinski definition) is 3. The molecule has 0 atom stereocenters. The molecule has 5 N–H and O–H groups in total. The highest BCUT2D eigenvalue weighted by molar-refractivity contribution is 9.10. The van der Waals surface area contributed by atoms with Gasteiger partial charge in [-0.2, -0.15) is 0 Å². The molecule has 0 aliphatic rings. The lowest BCUT2D eigenvalue weighted by Gasteiger charge is -2.00. The van der Waals surface area contributed by atoms with E-state index in [1.807, 2.05) is 6.07 Å². The van der Waals surface area contributed by atoms with E-state index in [2.05, 4.69) is 30.9 Å². The molecule has 0 fully saturated rings. The molecule has 0 unspecified atom stereocenters. The summed E-state index contributed by atoms with van der Waals surface area (Å²) in [5.74, 6) is 0.607. The minimum absolute atomic E-state index is 0. The van der Waals surface area contributed by atoms with Crippen LogP contribution in [0.2, 0.25) is 0 Å². The summed E-state index contributed by atoms with van der Waals surface area (Å²) in [5.41, 5.74) is 8.31. The fraction of sp³-hybridized carbons (Fsp3) is 0. The Kier molecular flexibility index (Phi) is 3.64. The molecule has 98 valence electrons. The second-order valence-corrected chi connectivity index (χ2v) is 4.64. The SMILES string of the molecule is Nc1nc(Br)[nH+]cc1-c1c[nH]c2cccc(O)c12.[Cl-]. The van der Waals surface area contributed by atoms with Gasteiger partial charge in [-0.3, -0.25) is 0 Å². The minimum Gasteiger partial charge on any atom is -1.00 e. The van der Waals surface area contributed by atoms with Gasteiger partial charge in [-0.05, 0) is 17.1 Å². The Labute approximate surface area is 123 Å². The van der Waals surface area contributed by atoms with E-state index >= 15 is 0 Å². The van der Waals surface area contributed by atoms with Gasteiger partial charge in [0, 0.05) is 22.7 Å². The van der Waals surface area contributed by atoms with Gasteiger partial charge in [-0.15, -0.1) is 0 Å². The zero-order valence-corrected chi connectivity index (χ0v) is 12.0. The van der Waals surface area contributed by atoms with Crippen molar-refractivity contribution in [3.8, 4) is 16.9 Å². The van der Waals surface area contributed by atoms with Crippen LogP contribution in [0.15, 0.2) is 35.3 Å². The van der Waals surface area contributed by atoms with E-state index in [4.69, 9.17) is 5.73 Å². The number of phenols is 1. The van der Waals surface area contributed by atoms with Gasteiger partial charge in [0.1, 0.15) is 11.9 Å². The summed E-state index contributed by atoms with van der Waals surface area (Å²) in [6, 6.07) is 5.32. The molecule has 19 heavy (non-hydrogen) atoms. The molecule has 0 radical (unpaired) electrons. The number of fused-ring (bicyclic) bond motifs is 1. The normalized spacial score (nSPS) is 10.4. The average molecular weight is 342 g/mol. The smallest absolute Gasteiger partial charge is 0.366 e. The summed E-state index contributed by atoms with van der Waals surface area (Å²) in [5, 5.41) is 10.7. The number of nitrogen functional groups attached to an aromatic ring is 1. The third-order valence-electron chi connectivity index (χ3n) is 2.80. The Morgan fingerprint density at radius 3 is 2.84 bits per heavy atom. The van der Waals surface area contributed by atoms with Crippen LogP contribution < -0.4 is 23.1 Å². The quantitative estimate of drug-likeness (QED) is 0.501. The van der Waals surface area contributed by atoms with Crippen LogP contribution in [0, 0.1) is 0 Å². The first-order valence-electron chi connectivity index (χ1n) is 5.30. The number of anilines is 1. The zero-order chi connectivity index (χ0) is 12.7. The summed E-state index contributed by atoms with van der Waals surface area (Å²) in [7, 11) is 0. The van der Waals surface area contributed by atoms with E-state index in [0.717, 1.165) is 22.0 Å². The predicted molar refractivity (Wildman–Crippen MR) is 71.9 cm³/mol. The second-order valence-electron chi connectivity index (χ2n) is 3.89. The van der Waals surface area contributed by atoms with E-state index in [1.165, 1.54) is 0 Å². The number of hydrogen-bond acceptors (Lipinski definition) is 3. The van der Waals surface area contributed by atoms with Crippen molar-refractivity contribution in [2.24, 2.45) is 0 Å². The number of aromatic hydroxyl groups is 1.